The summed E-state index contributed by atoms with van der Waals surface area (Å²) in [4.78, 5) is 0. The van der Waals surface area contributed by atoms with E-state index in [1.165, 1.54) is 110 Å². The predicted molar refractivity (Wildman–Crippen MR) is 192 cm³/mol. The Morgan fingerprint density at radius 2 is 0.681 bits per heavy atom. The van der Waals surface area contributed by atoms with Gasteiger partial charge in [0, 0.05) is 11.4 Å². The van der Waals surface area contributed by atoms with Crippen molar-refractivity contribution in [2.45, 2.75) is 93.3 Å². The zero-order valence-electron chi connectivity index (χ0n) is 27.7. The maximum absolute atomic E-state index is 6.39. The average Bonchev–Trinajstić information content (AvgIpc) is 3.34. The monoisotopic (exact) mass is 616 g/mol. The number of hydrogen-bond donors (Lipinski definition) is 2. The van der Waals surface area contributed by atoms with Crippen LogP contribution in [-0.4, -0.2) is 0 Å². The van der Waals surface area contributed by atoms with Gasteiger partial charge in [0.05, 0.1) is 5.41 Å². The molecule has 0 atom stereocenters. The van der Waals surface area contributed by atoms with Gasteiger partial charge in [-0.25, -0.2) is 0 Å². The second kappa shape index (κ2) is 9.34. The van der Waals surface area contributed by atoms with Crippen LogP contribution in [0.1, 0.15) is 110 Å². The molecule has 0 spiro atoms. The molecule has 0 heterocycles. The third-order valence-corrected chi connectivity index (χ3v) is 15.1. The molecule has 0 amide bonds. The van der Waals surface area contributed by atoms with Gasteiger partial charge < -0.3 is 11.5 Å². The van der Waals surface area contributed by atoms with Crippen LogP contribution < -0.4 is 11.5 Å². The third-order valence-electron chi connectivity index (χ3n) is 15.1. The minimum Gasteiger partial charge on any atom is -0.399 e. The van der Waals surface area contributed by atoms with Gasteiger partial charge in [0.25, 0.3) is 0 Å². The van der Waals surface area contributed by atoms with Crippen molar-refractivity contribution < 1.29 is 0 Å². The molecule has 13 rings (SSSR count). The molecule has 9 aliphatic rings. The van der Waals surface area contributed by atoms with Gasteiger partial charge >= 0.3 is 0 Å². The molecule has 4 aromatic carbocycles. The summed E-state index contributed by atoms with van der Waals surface area (Å²) in [5, 5.41) is 0. The summed E-state index contributed by atoms with van der Waals surface area (Å²) in [5.74, 6) is 5.55. The average molecular weight is 617 g/mol. The van der Waals surface area contributed by atoms with Gasteiger partial charge in [-0.15, -0.1) is 0 Å². The van der Waals surface area contributed by atoms with E-state index < -0.39 is 5.41 Å². The summed E-state index contributed by atoms with van der Waals surface area (Å²) < 4.78 is 0. The number of anilines is 2. The van der Waals surface area contributed by atoms with Crippen molar-refractivity contribution >= 4 is 11.4 Å². The van der Waals surface area contributed by atoms with Crippen LogP contribution in [0.25, 0.3) is 11.1 Å². The maximum Gasteiger partial charge on any atom is 0.0713 e. The number of nitrogens with two attached hydrogens (primary N) is 2. The molecule has 2 nitrogen and oxygen atoms in total. The standard InChI is InChI=1S/C45H48N2/c46-37-7-1-33(2-8-37)45(34-3-9-38(47)10-4-34)41-19-35(43-21-27-13-28(22-43)15-29(14-27)23-43)5-11-39(41)40-12-6-36(20-42(40)45)44-24-30-16-31(25-44)18-32(17-30)26-44/h1-12,19-20,27-32H,13-18,21-26,46-47H2. The Labute approximate surface area is 280 Å². The van der Waals surface area contributed by atoms with Crippen LogP contribution in [0.4, 0.5) is 11.4 Å². The van der Waals surface area contributed by atoms with Gasteiger partial charge in [0.15, 0.2) is 0 Å². The SMILES string of the molecule is Nc1ccc(C2(c3ccc(N)cc3)c3cc(C45CC6CC(CC(C6)C4)C5)ccc3-c3ccc(C45CC6CC(CC(C6)C4)C5)cc32)cc1. The normalized spacial score (nSPS) is 36.4. The first-order valence-electron chi connectivity index (χ1n) is 18.9. The molecule has 0 unspecified atom stereocenters. The number of fused-ring (bicyclic) bond motifs is 3. The van der Waals surface area contributed by atoms with Crippen LogP contribution in [0, 0.1) is 35.5 Å². The summed E-state index contributed by atoms with van der Waals surface area (Å²) in [5.41, 5.74) is 26.3. The van der Waals surface area contributed by atoms with Crippen LogP contribution in [0.2, 0.25) is 0 Å². The first-order valence-corrected chi connectivity index (χ1v) is 18.9. The summed E-state index contributed by atoms with van der Waals surface area (Å²) in [6, 6.07) is 33.4. The van der Waals surface area contributed by atoms with E-state index in [0.717, 1.165) is 46.9 Å². The molecule has 4 aromatic rings. The Morgan fingerprint density at radius 3 is 1.00 bits per heavy atom. The zero-order valence-corrected chi connectivity index (χ0v) is 27.7. The fourth-order valence-electron chi connectivity index (χ4n) is 14.2. The van der Waals surface area contributed by atoms with Crippen LogP contribution >= 0.6 is 0 Å². The van der Waals surface area contributed by atoms with Gasteiger partial charge in [-0.2, -0.15) is 0 Å². The van der Waals surface area contributed by atoms with E-state index in [-0.39, 0.29) is 0 Å². The van der Waals surface area contributed by atoms with Crippen LogP contribution in [-0.2, 0) is 16.2 Å². The lowest BCUT2D eigenvalue weighted by Crippen LogP contribution is -2.48. The van der Waals surface area contributed by atoms with Crippen molar-refractivity contribution in [1.29, 1.82) is 0 Å². The molecule has 0 aliphatic heterocycles. The van der Waals surface area contributed by atoms with Crippen molar-refractivity contribution in [3.05, 3.63) is 118 Å². The van der Waals surface area contributed by atoms with Crippen LogP contribution in [0.15, 0.2) is 84.9 Å². The lowest BCUT2D eigenvalue weighted by Gasteiger charge is -2.57. The van der Waals surface area contributed by atoms with Crippen LogP contribution in [0.3, 0.4) is 0 Å². The van der Waals surface area contributed by atoms with Crippen molar-refractivity contribution in [2.75, 3.05) is 11.5 Å². The van der Waals surface area contributed by atoms with Gasteiger partial charge in [-0.3, -0.25) is 0 Å². The molecular weight excluding hydrogens is 569 g/mol. The van der Waals surface area contributed by atoms with Crippen LogP contribution in [0.5, 0.6) is 0 Å². The third kappa shape index (κ3) is 3.74. The van der Waals surface area contributed by atoms with E-state index in [0.29, 0.717) is 10.8 Å². The van der Waals surface area contributed by atoms with Crippen molar-refractivity contribution in [3.8, 4) is 11.1 Å². The summed E-state index contributed by atoms with van der Waals surface area (Å²) in [6.07, 6.45) is 17.2. The first-order chi connectivity index (χ1) is 22.9. The smallest absolute Gasteiger partial charge is 0.0713 e. The lowest BCUT2D eigenvalue weighted by molar-refractivity contribution is -0.00530. The highest BCUT2D eigenvalue weighted by molar-refractivity contribution is 5.87. The largest absolute Gasteiger partial charge is 0.399 e. The highest BCUT2D eigenvalue weighted by Crippen LogP contribution is 2.65. The Morgan fingerprint density at radius 1 is 0.383 bits per heavy atom. The Hall–Kier alpha value is -3.52. The number of benzene rings is 4. The quantitative estimate of drug-likeness (QED) is 0.197. The lowest BCUT2D eigenvalue weighted by atomic mass is 9.47. The second-order valence-corrected chi connectivity index (χ2v) is 17.9. The molecule has 8 bridgehead atoms. The van der Waals surface area contributed by atoms with Gasteiger partial charge in [0.1, 0.15) is 0 Å². The molecule has 47 heavy (non-hydrogen) atoms. The van der Waals surface area contributed by atoms with Crippen molar-refractivity contribution in [1.82, 2.24) is 0 Å². The van der Waals surface area contributed by atoms with Gasteiger partial charge in [0.2, 0.25) is 0 Å². The summed E-state index contributed by atoms with van der Waals surface area (Å²) in [6.45, 7) is 0. The number of hydrogen-bond acceptors (Lipinski definition) is 2. The second-order valence-electron chi connectivity index (χ2n) is 17.9. The molecule has 0 aromatic heterocycles. The highest BCUT2D eigenvalue weighted by Gasteiger charge is 2.55. The number of rotatable bonds is 4. The Bertz CT molecular complexity index is 1700. The van der Waals surface area contributed by atoms with E-state index in [2.05, 4.69) is 84.9 Å². The number of nitrogen functional groups attached to an aromatic ring is 2. The van der Waals surface area contributed by atoms with Gasteiger partial charge in [-0.1, -0.05) is 60.7 Å². The predicted octanol–water partition coefficient (Wildman–Crippen LogP) is 10.1. The topological polar surface area (TPSA) is 52.0 Å². The zero-order chi connectivity index (χ0) is 31.1. The minimum atomic E-state index is -0.414. The molecule has 238 valence electrons. The molecular formula is C45H48N2. The van der Waals surface area contributed by atoms with E-state index in [1.807, 2.05) is 0 Å². The van der Waals surface area contributed by atoms with Crippen molar-refractivity contribution in [3.63, 3.8) is 0 Å². The molecule has 2 heteroatoms. The van der Waals surface area contributed by atoms with Gasteiger partial charge in [-0.05, 0) is 192 Å². The molecule has 9 aliphatic carbocycles. The molecule has 4 N–H and O–H groups in total. The Kier molecular flexibility index (Phi) is 5.45. The highest BCUT2D eigenvalue weighted by atomic mass is 14.6. The Balaban J connectivity index is 1.16. The van der Waals surface area contributed by atoms with E-state index in [1.54, 1.807) is 11.1 Å². The molecule has 0 saturated heterocycles. The molecule has 8 saturated carbocycles. The first kappa shape index (κ1) is 27.4. The fraction of sp³-hybridized carbons (Fsp3) is 0.467. The maximum atomic E-state index is 6.39. The molecule has 8 fully saturated rings. The molecule has 0 radical (unpaired) electrons. The van der Waals surface area contributed by atoms with E-state index >= 15 is 0 Å². The fourth-order valence-corrected chi connectivity index (χ4v) is 14.2. The summed E-state index contributed by atoms with van der Waals surface area (Å²) >= 11 is 0. The van der Waals surface area contributed by atoms with Crippen molar-refractivity contribution in [2.24, 2.45) is 35.5 Å². The minimum absolute atomic E-state index is 0.344. The van der Waals surface area contributed by atoms with E-state index in [4.69, 9.17) is 11.5 Å². The summed E-state index contributed by atoms with van der Waals surface area (Å²) in [7, 11) is 0. The van der Waals surface area contributed by atoms with E-state index in [9.17, 15) is 0 Å².